The maximum absolute atomic E-state index is 10.0. The van der Waals surface area contributed by atoms with E-state index in [4.69, 9.17) is 4.74 Å². The maximum atomic E-state index is 10.0. The van der Waals surface area contributed by atoms with E-state index in [0.29, 0.717) is 12.2 Å². The molecule has 1 aromatic rings. The Labute approximate surface area is 95.7 Å². The first-order valence-electron chi connectivity index (χ1n) is 5.60. The molecule has 16 heavy (non-hydrogen) atoms. The van der Waals surface area contributed by atoms with Gasteiger partial charge in [0.15, 0.2) is 0 Å². The van der Waals surface area contributed by atoms with Crippen LogP contribution in [0.2, 0.25) is 0 Å². The maximum Gasteiger partial charge on any atom is 0.128 e. The zero-order valence-electron chi connectivity index (χ0n) is 10.2. The molecule has 3 heteroatoms. The van der Waals surface area contributed by atoms with Crippen LogP contribution in [0.25, 0.3) is 0 Å². The van der Waals surface area contributed by atoms with Crippen molar-refractivity contribution in [2.24, 2.45) is 0 Å². The average Bonchev–Trinajstić information content (AvgIpc) is 2.27. The summed E-state index contributed by atoms with van der Waals surface area (Å²) in [5.74, 6) is 0.579. The first kappa shape index (κ1) is 11.3. The van der Waals surface area contributed by atoms with Crippen LogP contribution in [0.15, 0.2) is 0 Å². The van der Waals surface area contributed by atoms with Gasteiger partial charge in [0, 0.05) is 17.0 Å². The second kappa shape index (κ2) is 3.67. The first-order chi connectivity index (χ1) is 7.45. The van der Waals surface area contributed by atoms with Crippen LogP contribution in [0.4, 0.5) is 0 Å². The Kier molecular flexibility index (Phi) is 2.58. The molecule has 0 amide bonds. The topological polar surface area (TPSA) is 49.7 Å². The quantitative estimate of drug-likeness (QED) is 0.709. The Balaban J connectivity index is 2.72. The van der Waals surface area contributed by atoms with E-state index in [9.17, 15) is 10.2 Å². The van der Waals surface area contributed by atoms with Gasteiger partial charge in [-0.1, -0.05) is 6.92 Å². The van der Waals surface area contributed by atoms with Gasteiger partial charge in [-0.05, 0) is 31.9 Å². The largest absolute Gasteiger partial charge is 0.507 e. The van der Waals surface area contributed by atoms with E-state index in [-0.39, 0.29) is 23.5 Å². The molecule has 0 saturated heterocycles. The first-order valence-corrected chi connectivity index (χ1v) is 5.60. The number of ether oxygens (including phenoxy) is 1. The monoisotopic (exact) mass is 222 g/mol. The highest BCUT2D eigenvalue weighted by Gasteiger charge is 2.30. The lowest BCUT2D eigenvalue weighted by Gasteiger charge is -2.32. The molecule has 0 bridgehead atoms. The summed E-state index contributed by atoms with van der Waals surface area (Å²) in [6.07, 6.45) is 0.118. The number of benzene rings is 1. The van der Waals surface area contributed by atoms with Crippen molar-refractivity contribution >= 4 is 0 Å². The van der Waals surface area contributed by atoms with Gasteiger partial charge >= 0.3 is 0 Å². The molecule has 0 aromatic heterocycles. The molecular weight excluding hydrogens is 204 g/mol. The third-order valence-electron chi connectivity index (χ3n) is 3.73. The smallest absolute Gasteiger partial charge is 0.128 e. The fraction of sp³-hybridized carbons (Fsp3) is 0.538. The fourth-order valence-corrected chi connectivity index (χ4v) is 2.46. The zero-order valence-corrected chi connectivity index (χ0v) is 10.2. The molecule has 2 rings (SSSR count). The van der Waals surface area contributed by atoms with Crippen molar-refractivity contribution in [3.8, 4) is 11.5 Å². The SMILES string of the molecule is Cc1c(O)c(C)c2c(c1O)CO[C@@H](C)[C@@H]2C. The van der Waals surface area contributed by atoms with Gasteiger partial charge in [-0.15, -0.1) is 0 Å². The third-order valence-corrected chi connectivity index (χ3v) is 3.73. The number of hydrogen-bond acceptors (Lipinski definition) is 3. The van der Waals surface area contributed by atoms with Gasteiger partial charge in [-0.2, -0.15) is 0 Å². The Morgan fingerprint density at radius 1 is 1.06 bits per heavy atom. The van der Waals surface area contributed by atoms with Gasteiger partial charge < -0.3 is 14.9 Å². The van der Waals surface area contributed by atoms with Crippen LogP contribution < -0.4 is 0 Å². The van der Waals surface area contributed by atoms with Crippen LogP contribution in [0, 0.1) is 13.8 Å². The van der Waals surface area contributed by atoms with E-state index in [1.807, 2.05) is 13.8 Å². The average molecular weight is 222 g/mol. The Morgan fingerprint density at radius 2 is 1.69 bits per heavy atom. The summed E-state index contributed by atoms with van der Waals surface area (Å²) >= 11 is 0. The predicted molar refractivity (Wildman–Crippen MR) is 61.9 cm³/mol. The molecule has 1 aliphatic rings. The van der Waals surface area contributed by atoms with E-state index in [1.54, 1.807) is 6.92 Å². The molecule has 88 valence electrons. The fourth-order valence-electron chi connectivity index (χ4n) is 2.46. The summed E-state index contributed by atoms with van der Waals surface area (Å²) in [6, 6.07) is 0. The van der Waals surface area contributed by atoms with Crippen molar-refractivity contribution in [1.29, 1.82) is 0 Å². The molecule has 0 saturated carbocycles. The van der Waals surface area contributed by atoms with Gasteiger partial charge in [0.2, 0.25) is 0 Å². The molecular formula is C13H18O3. The van der Waals surface area contributed by atoms with Crippen molar-refractivity contribution in [1.82, 2.24) is 0 Å². The lowest BCUT2D eigenvalue weighted by Crippen LogP contribution is -2.24. The highest BCUT2D eigenvalue weighted by Crippen LogP contribution is 2.44. The van der Waals surface area contributed by atoms with Gasteiger partial charge in [0.1, 0.15) is 11.5 Å². The van der Waals surface area contributed by atoms with E-state index < -0.39 is 0 Å². The van der Waals surface area contributed by atoms with Crippen LogP contribution in [0.5, 0.6) is 11.5 Å². The van der Waals surface area contributed by atoms with Crippen LogP contribution in [-0.2, 0) is 11.3 Å². The normalized spacial score (nSPS) is 24.2. The minimum atomic E-state index is 0.118. The number of hydrogen-bond donors (Lipinski definition) is 2. The standard InChI is InChI=1S/C13H18O3/c1-6-9(4)16-5-10-11(6)7(2)12(14)8(3)13(10)15/h6,9,14-15H,5H2,1-4H3/t6-,9-/m0/s1. The molecule has 2 atom stereocenters. The summed E-state index contributed by atoms with van der Waals surface area (Å²) in [6.45, 7) is 8.12. The third kappa shape index (κ3) is 1.39. The number of phenolic OH excluding ortho intramolecular Hbond substituents is 2. The number of rotatable bonds is 0. The predicted octanol–water partition coefficient (Wildman–Crippen LogP) is 2.74. The highest BCUT2D eigenvalue weighted by atomic mass is 16.5. The van der Waals surface area contributed by atoms with E-state index in [0.717, 1.165) is 16.7 Å². The van der Waals surface area contributed by atoms with E-state index >= 15 is 0 Å². The van der Waals surface area contributed by atoms with E-state index in [2.05, 4.69) is 6.92 Å². The van der Waals surface area contributed by atoms with Crippen LogP contribution >= 0.6 is 0 Å². The Hall–Kier alpha value is -1.22. The van der Waals surface area contributed by atoms with Gasteiger partial charge in [-0.3, -0.25) is 0 Å². The molecule has 0 spiro atoms. The van der Waals surface area contributed by atoms with Crippen molar-refractivity contribution < 1.29 is 14.9 Å². The lowest BCUT2D eigenvalue weighted by molar-refractivity contribution is 0.0224. The highest BCUT2D eigenvalue weighted by molar-refractivity contribution is 5.58. The molecule has 1 heterocycles. The summed E-state index contributed by atoms with van der Waals surface area (Å²) in [4.78, 5) is 0. The van der Waals surface area contributed by atoms with Gasteiger partial charge in [-0.25, -0.2) is 0 Å². The molecule has 2 N–H and O–H groups in total. The van der Waals surface area contributed by atoms with Crippen LogP contribution in [0.1, 0.15) is 42.0 Å². The summed E-state index contributed by atoms with van der Waals surface area (Å²) in [5, 5.41) is 20.0. The summed E-state index contributed by atoms with van der Waals surface area (Å²) < 4.78 is 5.61. The second-order valence-corrected chi connectivity index (χ2v) is 4.64. The minimum absolute atomic E-state index is 0.118. The molecule has 3 nitrogen and oxygen atoms in total. The van der Waals surface area contributed by atoms with Crippen LogP contribution in [-0.4, -0.2) is 16.3 Å². The number of fused-ring (bicyclic) bond motifs is 1. The Bertz CT molecular complexity index is 438. The Morgan fingerprint density at radius 3 is 2.31 bits per heavy atom. The van der Waals surface area contributed by atoms with Crippen molar-refractivity contribution in [3.63, 3.8) is 0 Å². The summed E-state index contributed by atoms with van der Waals surface area (Å²) in [7, 11) is 0. The lowest BCUT2D eigenvalue weighted by atomic mass is 9.84. The van der Waals surface area contributed by atoms with E-state index in [1.165, 1.54) is 0 Å². The van der Waals surface area contributed by atoms with Gasteiger partial charge in [0.05, 0.1) is 12.7 Å². The van der Waals surface area contributed by atoms with Crippen LogP contribution in [0.3, 0.4) is 0 Å². The van der Waals surface area contributed by atoms with Crippen molar-refractivity contribution in [3.05, 3.63) is 22.3 Å². The van der Waals surface area contributed by atoms with Crippen molar-refractivity contribution in [2.45, 2.75) is 46.3 Å². The molecule has 1 aromatic carbocycles. The zero-order chi connectivity index (χ0) is 12.0. The molecule has 0 unspecified atom stereocenters. The minimum Gasteiger partial charge on any atom is -0.507 e. The number of aromatic hydroxyl groups is 2. The van der Waals surface area contributed by atoms with Crippen molar-refractivity contribution in [2.75, 3.05) is 0 Å². The summed E-state index contributed by atoms with van der Waals surface area (Å²) in [5.41, 5.74) is 3.28. The molecule has 0 aliphatic carbocycles. The van der Waals surface area contributed by atoms with Gasteiger partial charge in [0.25, 0.3) is 0 Å². The number of phenols is 2. The second-order valence-electron chi connectivity index (χ2n) is 4.64. The molecule has 0 fully saturated rings. The molecule has 1 aliphatic heterocycles. The molecule has 0 radical (unpaired) electrons.